The number of carbonyl (C=O) groups excluding carboxylic acids is 2. The van der Waals surface area contributed by atoms with Gasteiger partial charge in [-0.25, -0.2) is 0 Å². The predicted molar refractivity (Wildman–Crippen MR) is 96.1 cm³/mol. The Hall–Kier alpha value is -2.00. The van der Waals surface area contributed by atoms with Gasteiger partial charge in [0.15, 0.2) is 0 Å². The molecule has 8 nitrogen and oxygen atoms in total. The first-order valence-corrected chi connectivity index (χ1v) is 9.66. The molecule has 2 amide bonds. The summed E-state index contributed by atoms with van der Waals surface area (Å²) >= 11 is 1.24. The number of fused-ring (bicyclic) bond motifs is 1. The van der Waals surface area contributed by atoms with Gasteiger partial charge in [0, 0.05) is 6.54 Å². The van der Waals surface area contributed by atoms with Crippen molar-refractivity contribution in [2.75, 3.05) is 18.8 Å². The molecule has 0 aliphatic carbocycles. The van der Waals surface area contributed by atoms with Crippen LogP contribution in [0.25, 0.3) is 0 Å². The molecule has 2 fully saturated rings. The zero-order valence-electron chi connectivity index (χ0n) is 15.1. The number of carbonyl (C=O) groups is 2. The third kappa shape index (κ3) is 2.44. The number of nitrogen functional groups attached to an aromatic ring is 1. The molecular weight excluding hydrogens is 354 g/mol. The minimum atomic E-state index is -0.726. The molecule has 140 valence electrons. The highest BCUT2D eigenvalue weighted by atomic mass is 32.1. The van der Waals surface area contributed by atoms with Crippen molar-refractivity contribution in [1.29, 1.82) is 0 Å². The molecule has 2 saturated heterocycles. The molecule has 3 aliphatic rings. The monoisotopic (exact) mass is 377 g/mol. The molecule has 4 heterocycles. The van der Waals surface area contributed by atoms with E-state index in [1.807, 2.05) is 37.8 Å². The van der Waals surface area contributed by atoms with Crippen LogP contribution in [0.2, 0.25) is 0 Å². The van der Waals surface area contributed by atoms with Crippen LogP contribution in [0.5, 0.6) is 0 Å². The van der Waals surface area contributed by atoms with Gasteiger partial charge in [0.25, 0.3) is 0 Å². The van der Waals surface area contributed by atoms with E-state index in [1.54, 1.807) is 0 Å². The second-order valence-electron chi connectivity index (χ2n) is 7.72. The first-order chi connectivity index (χ1) is 12.3. The van der Waals surface area contributed by atoms with Crippen LogP contribution in [0.1, 0.15) is 32.2 Å². The van der Waals surface area contributed by atoms with Crippen LogP contribution in [0.3, 0.4) is 0 Å². The number of amides is 2. The second kappa shape index (κ2) is 5.75. The SMILES string of the molecule is CCCN1C[C@]23C=C[C@H](O2)[C@H](C(=O)NC(C)(C)c2nnc(N)s2)[C@@H]3C1=O. The Labute approximate surface area is 155 Å². The quantitative estimate of drug-likeness (QED) is 0.730. The largest absolute Gasteiger partial charge is 0.374 e. The Morgan fingerprint density at radius 2 is 2.31 bits per heavy atom. The summed E-state index contributed by atoms with van der Waals surface area (Å²) in [4.78, 5) is 27.8. The van der Waals surface area contributed by atoms with Gasteiger partial charge in [-0.15, -0.1) is 10.2 Å². The minimum Gasteiger partial charge on any atom is -0.374 e. The number of likely N-dealkylation sites (tertiary alicyclic amines) is 1. The summed E-state index contributed by atoms with van der Waals surface area (Å²) in [7, 11) is 0. The second-order valence-corrected chi connectivity index (χ2v) is 8.73. The lowest BCUT2D eigenvalue weighted by Crippen LogP contribution is -2.49. The Kier molecular flexibility index (Phi) is 3.85. The first kappa shape index (κ1) is 17.4. The molecule has 3 N–H and O–H groups in total. The third-order valence-electron chi connectivity index (χ3n) is 5.39. The maximum absolute atomic E-state index is 13.1. The van der Waals surface area contributed by atoms with Crippen LogP contribution in [-0.2, 0) is 19.9 Å². The minimum absolute atomic E-state index is 0.0109. The van der Waals surface area contributed by atoms with Gasteiger partial charge in [0.1, 0.15) is 10.6 Å². The van der Waals surface area contributed by atoms with Gasteiger partial charge in [-0.05, 0) is 20.3 Å². The van der Waals surface area contributed by atoms with Crippen molar-refractivity contribution in [2.45, 2.75) is 44.4 Å². The summed E-state index contributed by atoms with van der Waals surface area (Å²) in [5.41, 5.74) is 4.28. The fraction of sp³-hybridized carbons (Fsp3) is 0.647. The number of anilines is 1. The van der Waals surface area contributed by atoms with Gasteiger partial charge in [-0.2, -0.15) is 0 Å². The summed E-state index contributed by atoms with van der Waals surface area (Å²) in [6, 6.07) is 0. The molecule has 2 bridgehead atoms. The topological polar surface area (TPSA) is 110 Å². The van der Waals surface area contributed by atoms with Crippen LogP contribution in [-0.4, -0.2) is 51.7 Å². The van der Waals surface area contributed by atoms with Gasteiger partial charge >= 0.3 is 0 Å². The fourth-order valence-electron chi connectivity index (χ4n) is 4.27. The number of nitrogens with zero attached hydrogens (tertiary/aromatic N) is 3. The van der Waals surface area contributed by atoms with Crippen molar-refractivity contribution in [1.82, 2.24) is 20.4 Å². The van der Waals surface area contributed by atoms with E-state index in [0.717, 1.165) is 6.42 Å². The lowest BCUT2D eigenvalue weighted by atomic mass is 9.76. The molecule has 3 aliphatic heterocycles. The average molecular weight is 377 g/mol. The highest BCUT2D eigenvalue weighted by Crippen LogP contribution is 2.52. The van der Waals surface area contributed by atoms with Crippen molar-refractivity contribution in [3.05, 3.63) is 17.2 Å². The van der Waals surface area contributed by atoms with Gasteiger partial charge in [0.2, 0.25) is 16.9 Å². The van der Waals surface area contributed by atoms with E-state index < -0.39 is 23.0 Å². The van der Waals surface area contributed by atoms with Crippen LogP contribution in [0.15, 0.2) is 12.2 Å². The van der Waals surface area contributed by atoms with Crippen molar-refractivity contribution in [3.63, 3.8) is 0 Å². The van der Waals surface area contributed by atoms with Crippen LogP contribution < -0.4 is 11.1 Å². The van der Waals surface area contributed by atoms with Crippen molar-refractivity contribution in [2.24, 2.45) is 11.8 Å². The van der Waals surface area contributed by atoms with E-state index in [1.165, 1.54) is 11.3 Å². The summed E-state index contributed by atoms with van der Waals surface area (Å²) in [6.45, 7) is 6.95. The lowest BCUT2D eigenvalue weighted by molar-refractivity contribution is -0.138. The van der Waals surface area contributed by atoms with Gasteiger partial charge in [-0.3, -0.25) is 9.59 Å². The van der Waals surface area contributed by atoms with E-state index in [2.05, 4.69) is 15.5 Å². The van der Waals surface area contributed by atoms with E-state index in [0.29, 0.717) is 23.2 Å². The van der Waals surface area contributed by atoms with Crippen LogP contribution in [0, 0.1) is 11.8 Å². The van der Waals surface area contributed by atoms with Crippen LogP contribution >= 0.6 is 11.3 Å². The summed E-state index contributed by atoms with van der Waals surface area (Å²) in [5, 5.41) is 11.9. The smallest absolute Gasteiger partial charge is 0.230 e. The van der Waals surface area contributed by atoms with Gasteiger partial charge in [0.05, 0.1) is 30.0 Å². The average Bonchev–Trinajstić information content (AvgIpc) is 3.29. The first-order valence-electron chi connectivity index (χ1n) is 8.85. The predicted octanol–water partition coefficient (Wildman–Crippen LogP) is 0.664. The van der Waals surface area contributed by atoms with Gasteiger partial charge in [-0.1, -0.05) is 30.4 Å². The van der Waals surface area contributed by atoms with Gasteiger partial charge < -0.3 is 20.7 Å². The number of rotatable bonds is 5. The summed E-state index contributed by atoms with van der Waals surface area (Å²) in [6.07, 6.45) is 4.41. The standard InChI is InChI=1S/C17H23N5O3S/c1-4-7-22-8-17-6-5-9(25-17)10(11(17)13(22)24)12(23)19-16(2,3)14-20-21-15(18)26-14/h5-6,9-11H,4,7-8H2,1-3H3,(H2,18,21)(H,19,23)/t9-,10-,11+,17-/m0/s1. The number of ether oxygens (including phenoxy) is 1. The molecule has 1 aromatic rings. The van der Waals surface area contributed by atoms with E-state index in [4.69, 9.17) is 10.5 Å². The summed E-state index contributed by atoms with van der Waals surface area (Å²) in [5.74, 6) is -1.17. The molecule has 1 aromatic heterocycles. The molecule has 0 saturated carbocycles. The number of nitrogens with one attached hydrogen (secondary N) is 1. The van der Waals surface area contributed by atoms with E-state index >= 15 is 0 Å². The molecule has 9 heteroatoms. The Morgan fingerprint density at radius 3 is 2.96 bits per heavy atom. The summed E-state index contributed by atoms with van der Waals surface area (Å²) < 4.78 is 6.11. The van der Waals surface area contributed by atoms with E-state index in [9.17, 15) is 9.59 Å². The Balaban J connectivity index is 1.57. The molecule has 0 aromatic carbocycles. The van der Waals surface area contributed by atoms with Crippen molar-refractivity contribution < 1.29 is 14.3 Å². The molecule has 26 heavy (non-hydrogen) atoms. The molecular formula is C17H23N5O3S. The number of hydrogen-bond donors (Lipinski definition) is 2. The maximum Gasteiger partial charge on any atom is 0.230 e. The molecule has 4 rings (SSSR count). The molecule has 4 atom stereocenters. The highest BCUT2D eigenvalue weighted by Gasteiger charge is 2.66. The van der Waals surface area contributed by atoms with E-state index in [-0.39, 0.29) is 17.9 Å². The van der Waals surface area contributed by atoms with Crippen LogP contribution in [0.4, 0.5) is 5.13 Å². The van der Waals surface area contributed by atoms with Crippen molar-refractivity contribution in [3.8, 4) is 0 Å². The zero-order valence-corrected chi connectivity index (χ0v) is 15.9. The lowest BCUT2D eigenvalue weighted by Gasteiger charge is -2.29. The highest BCUT2D eigenvalue weighted by molar-refractivity contribution is 7.15. The molecule has 0 radical (unpaired) electrons. The Bertz CT molecular complexity index is 791. The molecule has 0 unspecified atom stereocenters. The number of hydrogen-bond acceptors (Lipinski definition) is 7. The third-order valence-corrected chi connectivity index (χ3v) is 6.46. The zero-order chi connectivity index (χ0) is 18.7. The number of aromatic nitrogens is 2. The molecule has 1 spiro atoms. The van der Waals surface area contributed by atoms with Crippen molar-refractivity contribution >= 4 is 28.3 Å². The number of nitrogens with two attached hydrogens (primary N) is 1. The Morgan fingerprint density at radius 1 is 1.54 bits per heavy atom. The maximum atomic E-state index is 13.1. The normalized spacial score (nSPS) is 32.3. The fourth-order valence-corrected chi connectivity index (χ4v) is 4.94.